The van der Waals surface area contributed by atoms with Gasteiger partial charge in [-0.25, -0.2) is 0 Å². The van der Waals surface area contributed by atoms with Gasteiger partial charge in [0.2, 0.25) is 0 Å². The van der Waals surface area contributed by atoms with Crippen LogP contribution in [0.2, 0.25) is 0 Å². The molecule has 1 atom stereocenters. The fourth-order valence-corrected chi connectivity index (χ4v) is 2.14. The minimum absolute atomic E-state index is 0.0637. The van der Waals surface area contributed by atoms with Gasteiger partial charge >= 0.3 is 5.97 Å². The summed E-state index contributed by atoms with van der Waals surface area (Å²) in [5, 5.41) is 4.02. The Hall–Kier alpha value is -0.830. The fraction of sp³-hybridized carbons (Fsp3) is 0.545. The second kappa shape index (κ2) is 5.81. The normalized spacial score (nSPS) is 12.4. The van der Waals surface area contributed by atoms with Crippen molar-refractivity contribution in [2.75, 3.05) is 6.61 Å². The van der Waals surface area contributed by atoms with Crippen LogP contribution in [0.4, 0.5) is 0 Å². The number of ether oxygens (including phenoxy) is 1. The maximum atomic E-state index is 11.6. The first kappa shape index (κ1) is 11.2. The van der Waals surface area contributed by atoms with E-state index in [4.69, 9.17) is 4.74 Å². The zero-order valence-corrected chi connectivity index (χ0v) is 9.47. The largest absolute Gasteiger partial charge is 0.466 e. The standard InChI is InChI=1S/C11H16O2S/c1-3-5-10(11(12)13-4-2)9-6-7-14-8-9/h6-8,10H,3-5H2,1-2H3. The quantitative estimate of drug-likeness (QED) is 0.701. The van der Waals surface area contributed by atoms with Crippen LogP contribution in [0.3, 0.4) is 0 Å². The number of thiophene rings is 1. The van der Waals surface area contributed by atoms with Gasteiger partial charge in [-0.15, -0.1) is 0 Å². The first-order valence-corrected chi connectivity index (χ1v) is 5.92. The van der Waals surface area contributed by atoms with E-state index in [1.54, 1.807) is 11.3 Å². The van der Waals surface area contributed by atoms with Gasteiger partial charge in [0.25, 0.3) is 0 Å². The van der Waals surface area contributed by atoms with E-state index in [1.807, 2.05) is 23.8 Å². The van der Waals surface area contributed by atoms with Crippen LogP contribution in [0.1, 0.15) is 38.2 Å². The fourth-order valence-electron chi connectivity index (χ4n) is 1.43. The lowest BCUT2D eigenvalue weighted by molar-refractivity contribution is -0.145. The van der Waals surface area contributed by atoms with Crippen molar-refractivity contribution in [3.05, 3.63) is 22.4 Å². The summed E-state index contributed by atoms with van der Waals surface area (Å²) < 4.78 is 5.05. The molecule has 0 aliphatic heterocycles. The van der Waals surface area contributed by atoms with E-state index >= 15 is 0 Å². The molecule has 0 aliphatic rings. The Morgan fingerprint density at radius 3 is 2.86 bits per heavy atom. The molecular weight excluding hydrogens is 196 g/mol. The van der Waals surface area contributed by atoms with E-state index in [0.717, 1.165) is 18.4 Å². The highest BCUT2D eigenvalue weighted by Gasteiger charge is 2.20. The number of esters is 1. The summed E-state index contributed by atoms with van der Waals surface area (Å²) in [6.07, 6.45) is 1.87. The number of carbonyl (C=O) groups excluding carboxylic acids is 1. The Morgan fingerprint density at radius 2 is 2.36 bits per heavy atom. The van der Waals surface area contributed by atoms with Crippen LogP contribution in [0.5, 0.6) is 0 Å². The van der Waals surface area contributed by atoms with Crippen LogP contribution in [0.15, 0.2) is 16.8 Å². The third-order valence-corrected chi connectivity index (χ3v) is 2.80. The van der Waals surface area contributed by atoms with Crippen molar-refractivity contribution in [2.45, 2.75) is 32.6 Å². The zero-order chi connectivity index (χ0) is 10.4. The van der Waals surface area contributed by atoms with E-state index in [2.05, 4.69) is 6.92 Å². The van der Waals surface area contributed by atoms with E-state index in [0.29, 0.717) is 6.61 Å². The van der Waals surface area contributed by atoms with Crippen molar-refractivity contribution in [1.82, 2.24) is 0 Å². The maximum absolute atomic E-state index is 11.6. The smallest absolute Gasteiger partial charge is 0.313 e. The first-order valence-electron chi connectivity index (χ1n) is 4.98. The van der Waals surface area contributed by atoms with Crippen LogP contribution in [0.25, 0.3) is 0 Å². The minimum atomic E-state index is -0.0900. The lowest BCUT2D eigenvalue weighted by Crippen LogP contribution is -2.15. The summed E-state index contributed by atoms with van der Waals surface area (Å²) in [6, 6.07) is 2.00. The van der Waals surface area contributed by atoms with E-state index in [1.165, 1.54) is 0 Å². The number of hydrogen-bond acceptors (Lipinski definition) is 3. The molecule has 1 rings (SSSR count). The average molecular weight is 212 g/mol. The molecule has 2 nitrogen and oxygen atoms in total. The molecule has 0 aromatic carbocycles. The van der Waals surface area contributed by atoms with Gasteiger partial charge in [-0.3, -0.25) is 4.79 Å². The van der Waals surface area contributed by atoms with Gasteiger partial charge in [0.15, 0.2) is 0 Å². The van der Waals surface area contributed by atoms with Gasteiger partial charge in [-0.1, -0.05) is 13.3 Å². The van der Waals surface area contributed by atoms with Gasteiger partial charge in [-0.2, -0.15) is 11.3 Å². The lowest BCUT2D eigenvalue weighted by atomic mass is 9.97. The molecule has 14 heavy (non-hydrogen) atoms. The molecule has 1 heterocycles. The maximum Gasteiger partial charge on any atom is 0.313 e. The van der Waals surface area contributed by atoms with E-state index < -0.39 is 0 Å². The second-order valence-corrected chi connectivity index (χ2v) is 3.93. The topological polar surface area (TPSA) is 26.3 Å². The SMILES string of the molecule is CCCC(C(=O)OCC)c1ccsc1. The molecule has 0 fully saturated rings. The molecular formula is C11H16O2S. The Kier molecular flexibility index (Phi) is 4.66. The number of carbonyl (C=O) groups is 1. The van der Waals surface area contributed by atoms with Crippen molar-refractivity contribution in [3.8, 4) is 0 Å². The highest BCUT2D eigenvalue weighted by molar-refractivity contribution is 7.08. The van der Waals surface area contributed by atoms with Crippen LogP contribution >= 0.6 is 11.3 Å². The molecule has 0 aliphatic carbocycles. The molecule has 0 saturated carbocycles. The van der Waals surface area contributed by atoms with Gasteiger partial charge in [0, 0.05) is 0 Å². The summed E-state index contributed by atoms with van der Waals surface area (Å²) in [5.41, 5.74) is 1.09. The van der Waals surface area contributed by atoms with E-state index in [9.17, 15) is 4.79 Å². The Morgan fingerprint density at radius 1 is 1.57 bits per heavy atom. The van der Waals surface area contributed by atoms with Gasteiger partial charge < -0.3 is 4.74 Å². The molecule has 3 heteroatoms. The predicted octanol–water partition coefficient (Wildman–Crippen LogP) is 3.19. The number of hydrogen-bond donors (Lipinski definition) is 0. The van der Waals surface area contributed by atoms with E-state index in [-0.39, 0.29) is 11.9 Å². The van der Waals surface area contributed by atoms with Crippen molar-refractivity contribution >= 4 is 17.3 Å². The predicted molar refractivity (Wildman–Crippen MR) is 58.6 cm³/mol. The average Bonchev–Trinajstić information content (AvgIpc) is 2.67. The monoisotopic (exact) mass is 212 g/mol. The van der Waals surface area contributed by atoms with Gasteiger partial charge in [0.1, 0.15) is 0 Å². The molecule has 0 N–H and O–H groups in total. The Balaban J connectivity index is 2.69. The van der Waals surface area contributed by atoms with Crippen molar-refractivity contribution < 1.29 is 9.53 Å². The second-order valence-electron chi connectivity index (χ2n) is 3.15. The molecule has 0 spiro atoms. The third-order valence-electron chi connectivity index (χ3n) is 2.09. The zero-order valence-electron chi connectivity index (χ0n) is 8.66. The minimum Gasteiger partial charge on any atom is -0.466 e. The lowest BCUT2D eigenvalue weighted by Gasteiger charge is -2.12. The first-order chi connectivity index (χ1) is 6.79. The van der Waals surface area contributed by atoms with Crippen molar-refractivity contribution in [1.29, 1.82) is 0 Å². The third kappa shape index (κ3) is 2.84. The highest BCUT2D eigenvalue weighted by atomic mass is 32.1. The highest BCUT2D eigenvalue weighted by Crippen LogP contribution is 2.24. The van der Waals surface area contributed by atoms with Gasteiger partial charge in [-0.05, 0) is 35.7 Å². The molecule has 0 saturated heterocycles. The summed E-state index contributed by atoms with van der Waals surface area (Å²) >= 11 is 1.62. The molecule has 0 radical (unpaired) electrons. The molecule has 0 bridgehead atoms. The van der Waals surface area contributed by atoms with Crippen LogP contribution in [-0.2, 0) is 9.53 Å². The summed E-state index contributed by atoms with van der Waals surface area (Å²) in [4.78, 5) is 11.6. The Labute approximate surface area is 88.9 Å². The molecule has 1 unspecified atom stereocenters. The van der Waals surface area contributed by atoms with Crippen molar-refractivity contribution in [3.63, 3.8) is 0 Å². The number of rotatable bonds is 5. The van der Waals surface area contributed by atoms with Crippen molar-refractivity contribution in [2.24, 2.45) is 0 Å². The summed E-state index contributed by atoms with van der Waals surface area (Å²) in [6.45, 7) is 4.39. The molecule has 78 valence electrons. The van der Waals surface area contributed by atoms with Crippen LogP contribution in [0, 0.1) is 0 Å². The Bertz CT molecular complexity index is 267. The molecule has 0 amide bonds. The van der Waals surface area contributed by atoms with Gasteiger partial charge in [0.05, 0.1) is 12.5 Å². The summed E-state index contributed by atoms with van der Waals surface area (Å²) in [7, 11) is 0. The van der Waals surface area contributed by atoms with Crippen LogP contribution < -0.4 is 0 Å². The molecule has 1 aromatic heterocycles. The summed E-state index contributed by atoms with van der Waals surface area (Å²) in [5.74, 6) is -0.154. The molecule has 1 aromatic rings. The van der Waals surface area contributed by atoms with Crippen LogP contribution in [-0.4, -0.2) is 12.6 Å².